The van der Waals surface area contributed by atoms with E-state index in [9.17, 15) is 26.7 Å². The molecule has 17 heavy (non-hydrogen) atoms. The van der Waals surface area contributed by atoms with E-state index in [1.165, 1.54) is 5.32 Å². The summed E-state index contributed by atoms with van der Waals surface area (Å²) in [5.41, 5.74) is 4.52. The fourth-order valence-electron chi connectivity index (χ4n) is 0.943. The van der Waals surface area contributed by atoms with Crippen molar-refractivity contribution in [3.05, 3.63) is 24.0 Å². The summed E-state index contributed by atoms with van der Waals surface area (Å²) >= 11 is 0. The molecule has 3 N–H and O–H groups in total. The van der Waals surface area contributed by atoms with Crippen LogP contribution in [0.25, 0.3) is 0 Å². The molecule has 3 nitrogen and oxygen atoms in total. The highest BCUT2D eigenvalue weighted by Gasteiger charge is 2.49. The van der Waals surface area contributed by atoms with Crippen LogP contribution in [0, 0.1) is 5.82 Å². The van der Waals surface area contributed by atoms with E-state index in [1.54, 1.807) is 0 Å². The van der Waals surface area contributed by atoms with Crippen molar-refractivity contribution in [2.24, 2.45) is 0 Å². The lowest BCUT2D eigenvalue weighted by atomic mass is 10.2. The molecule has 1 rings (SSSR count). The van der Waals surface area contributed by atoms with Gasteiger partial charge in [0, 0.05) is 5.69 Å². The first-order valence-corrected chi connectivity index (χ1v) is 4.27. The van der Waals surface area contributed by atoms with Gasteiger partial charge in [-0.2, -0.15) is 8.78 Å². The molecule has 8 heteroatoms. The summed E-state index contributed by atoms with van der Waals surface area (Å²) in [5, 5.41) is 1.35. The van der Waals surface area contributed by atoms with Gasteiger partial charge in [0.1, 0.15) is 5.82 Å². The van der Waals surface area contributed by atoms with Crippen molar-refractivity contribution in [3.63, 3.8) is 0 Å². The number of hydrogen-bond acceptors (Lipinski definition) is 2. The van der Waals surface area contributed by atoms with E-state index >= 15 is 0 Å². The zero-order chi connectivity index (χ0) is 13.2. The number of rotatable bonds is 3. The normalized spacial score (nSPS) is 11.6. The molecule has 0 saturated carbocycles. The number of amides is 1. The first-order chi connectivity index (χ1) is 7.75. The molecule has 0 bridgehead atoms. The van der Waals surface area contributed by atoms with E-state index in [2.05, 4.69) is 0 Å². The van der Waals surface area contributed by atoms with Crippen molar-refractivity contribution in [3.8, 4) is 0 Å². The molecule has 0 aliphatic rings. The number of nitrogen functional groups attached to an aromatic ring is 1. The first kappa shape index (κ1) is 13.2. The van der Waals surface area contributed by atoms with Gasteiger partial charge < -0.3 is 11.1 Å². The average molecular weight is 254 g/mol. The van der Waals surface area contributed by atoms with Gasteiger partial charge in [0.05, 0.1) is 5.69 Å². The molecule has 0 saturated heterocycles. The second-order valence-electron chi connectivity index (χ2n) is 3.12. The minimum absolute atomic E-state index is 0.0120. The van der Waals surface area contributed by atoms with Gasteiger partial charge >= 0.3 is 18.3 Å². The summed E-state index contributed by atoms with van der Waals surface area (Å²) < 4.78 is 61.7. The third-order valence-corrected chi connectivity index (χ3v) is 1.82. The molecular weight excluding hydrogens is 247 g/mol. The number of anilines is 2. The summed E-state index contributed by atoms with van der Waals surface area (Å²) in [6.45, 7) is 0. The van der Waals surface area contributed by atoms with Gasteiger partial charge in [-0.15, -0.1) is 0 Å². The lowest BCUT2D eigenvalue weighted by molar-refractivity contribution is -0.163. The van der Waals surface area contributed by atoms with E-state index in [0.717, 1.165) is 18.2 Å². The van der Waals surface area contributed by atoms with Gasteiger partial charge in [0.25, 0.3) is 0 Å². The maximum absolute atomic E-state index is 13.0. The van der Waals surface area contributed by atoms with E-state index in [4.69, 9.17) is 5.73 Å². The summed E-state index contributed by atoms with van der Waals surface area (Å²) in [4.78, 5) is 10.8. The number of benzene rings is 1. The highest BCUT2D eigenvalue weighted by Crippen LogP contribution is 2.26. The van der Waals surface area contributed by atoms with Crippen molar-refractivity contribution < 1.29 is 26.7 Å². The predicted molar refractivity (Wildman–Crippen MR) is 50.4 cm³/mol. The van der Waals surface area contributed by atoms with Crippen LogP contribution in [0.15, 0.2) is 18.2 Å². The van der Waals surface area contributed by atoms with Crippen molar-refractivity contribution in [2.45, 2.75) is 12.3 Å². The summed E-state index contributed by atoms with van der Waals surface area (Å²) in [7, 11) is 0. The standard InChI is InChI=1S/C9H7F5N2O/c10-5-2-1-4(15)3-6(5)16-8(17)9(13,14)7(11)12/h1-3,7H,15H2,(H,16,17). The molecule has 0 spiro atoms. The zero-order valence-corrected chi connectivity index (χ0v) is 8.18. The Labute approximate surface area is 92.4 Å². The first-order valence-electron chi connectivity index (χ1n) is 4.27. The molecule has 0 heterocycles. The van der Waals surface area contributed by atoms with Crippen LogP contribution in [0.2, 0.25) is 0 Å². The molecule has 0 unspecified atom stereocenters. The highest BCUT2D eigenvalue weighted by molar-refractivity contribution is 5.96. The molecule has 0 aromatic heterocycles. The fourth-order valence-corrected chi connectivity index (χ4v) is 0.943. The number of nitrogens with two attached hydrogens (primary N) is 1. The summed E-state index contributed by atoms with van der Waals surface area (Å²) in [5.74, 6) is -8.24. The maximum atomic E-state index is 13.0. The minimum atomic E-state index is -4.89. The molecule has 0 atom stereocenters. The van der Waals surface area contributed by atoms with E-state index in [0.29, 0.717) is 0 Å². The Kier molecular flexibility index (Phi) is 3.54. The Morgan fingerprint density at radius 2 is 1.94 bits per heavy atom. The molecule has 0 aliphatic carbocycles. The second-order valence-corrected chi connectivity index (χ2v) is 3.12. The van der Waals surface area contributed by atoms with Crippen molar-refractivity contribution in [1.82, 2.24) is 0 Å². The Morgan fingerprint density at radius 1 is 1.35 bits per heavy atom. The van der Waals surface area contributed by atoms with Crippen LogP contribution in [0.5, 0.6) is 0 Å². The van der Waals surface area contributed by atoms with Crippen LogP contribution in [0.3, 0.4) is 0 Å². The largest absolute Gasteiger partial charge is 0.399 e. The molecule has 0 aliphatic heterocycles. The smallest absolute Gasteiger partial charge is 0.383 e. The van der Waals surface area contributed by atoms with Gasteiger partial charge in [0.15, 0.2) is 0 Å². The van der Waals surface area contributed by atoms with E-state index in [1.807, 2.05) is 0 Å². The average Bonchev–Trinajstić information content (AvgIpc) is 2.23. The third kappa shape index (κ3) is 2.83. The van der Waals surface area contributed by atoms with Crippen LogP contribution >= 0.6 is 0 Å². The van der Waals surface area contributed by atoms with Crippen LogP contribution in [0.1, 0.15) is 0 Å². The van der Waals surface area contributed by atoms with Crippen molar-refractivity contribution in [2.75, 3.05) is 11.1 Å². The molecule has 1 amide bonds. The van der Waals surface area contributed by atoms with Crippen molar-refractivity contribution in [1.29, 1.82) is 0 Å². The number of halogens is 5. The van der Waals surface area contributed by atoms with Gasteiger partial charge in [-0.05, 0) is 18.2 Å². The lowest BCUT2D eigenvalue weighted by Crippen LogP contribution is -2.41. The molecular formula is C9H7F5N2O. The number of carbonyl (C=O) groups is 1. The van der Waals surface area contributed by atoms with E-state index in [-0.39, 0.29) is 5.69 Å². The van der Waals surface area contributed by atoms with Crippen LogP contribution in [0.4, 0.5) is 33.3 Å². The monoisotopic (exact) mass is 254 g/mol. The Bertz CT molecular complexity index is 435. The van der Waals surface area contributed by atoms with E-state index < -0.39 is 29.8 Å². The Hall–Kier alpha value is -1.86. The quantitative estimate of drug-likeness (QED) is 0.642. The third-order valence-electron chi connectivity index (χ3n) is 1.82. The van der Waals surface area contributed by atoms with Crippen LogP contribution in [-0.2, 0) is 4.79 Å². The fraction of sp³-hybridized carbons (Fsp3) is 0.222. The van der Waals surface area contributed by atoms with Crippen LogP contribution < -0.4 is 11.1 Å². The number of nitrogens with one attached hydrogen (secondary N) is 1. The van der Waals surface area contributed by atoms with Gasteiger partial charge in [0.2, 0.25) is 0 Å². The zero-order valence-electron chi connectivity index (χ0n) is 8.18. The molecule has 1 aromatic carbocycles. The molecule has 0 radical (unpaired) electrons. The molecule has 1 aromatic rings. The van der Waals surface area contributed by atoms with Gasteiger partial charge in [-0.1, -0.05) is 0 Å². The topological polar surface area (TPSA) is 55.1 Å². The highest BCUT2D eigenvalue weighted by atomic mass is 19.3. The molecule has 0 fully saturated rings. The Morgan fingerprint density at radius 3 is 2.47 bits per heavy atom. The number of carbonyl (C=O) groups excluding carboxylic acids is 1. The lowest BCUT2D eigenvalue weighted by Gasteiger charge is -2.15. The maximum Gasteiger partial charge on any atom is 0.383 e. The minimum Gasteiger partial charge on any atom is -0.399 e. The number of hydrogen-bond donors (Lipinski definition) is 2. The van der Waals surface area contributed by atoms with Crippen molar-refractivity contribution >= 4 is 17.3 Å². The molecule has 94 valence electrons. The SMILES string of the molecule is Nc1ccc(F)c(NC(=O)C(F)(F)C(F)F)c1. The summed E-state index contributed by atoms with van der Waals surface area (Å²) in [6.07, 6.45) is -4.17. The van der Waals surface area contributed by atoms with Crippen LogP contribution in [-0.4, -0.2) is 18.3 Å². The van der Waals surface area contributed by atoms with Gasteiger partial charge in [-0.3, -0.25) is 4.79 Å². The van der Waals surface area contributed by atoms with Gasteiger partial charge in [-0.25, -0.2) is 13.2 Å². The summed E-state index contributed by atoms with van der Waals surface area (Å²) in [6, 6.07) is 2.77. The number of alkyl halides is 4. The Balaban J connectivity index is 2.92. The second kappa shape index (κ2) is 4.56. The predicted octanol–water partition coefficient (Wildman–Crippen LogP) is 2.25.